The van der Waals surface area contributed by atoms with Crippen LogP contribution in [0.4, 0.5) is 10.3 Å². The number of rotatable bonds is 4. The Labute approximate surface area is 109 Å². The van der Waals surface area contributed by atoms with Crippen molar-refractivity contribution >= 4 is 22.9 Å². The van der Waals surface area contributed by atoms with Crippen molar-refractivity contribution in [2.24, 2.45) is 0 Å². The summed E-state index contributed by atoms with van der Waals surface area (Å²) in [6.45, 7) is 2.39. The van der Waals surface area contributed by atoms with Crippen LogP contribution in [-0.4, -0.2) is 29.1 Å². The Hall–Kier alpha value is -2.31. The molecule has 6 nitrogen and oxygen atoms in total. The van der Waals surface area contributed by atoms with E-state index >= 15 is 0 Å². The second-order valence-electron chi connectivity index (χ2n) is 3.99. The van der Waals surface area contributed by atoms with Crippen LogP contribution in [0.1, 0.15) is 6.92 Å². The fraction of sp³-hybridized carbons (Fsp3) is 0.333. The molecule has 2 aromatic rings. The lowest BCUT2D eigenvalue weighted by Gasteiger charge is -2.07. The molecule has 0 fully saturated rings. The zero-order chi connectivity index (χ0) is 14.0. The maximum atomic E-state index is 13.5. The van der Waals surface area contributed by atoms with E-state index in [1.165, 1.54) is 23.8 Å². The van der Waals surface area contributed by atoms with Crippen LogP contribution >= 0.6 is 0 Å². The summed E-state index contributed by atoms with van der Waals surface area (Å²) in [4.78, 5) is 15.6. The standard InChI is InChI=1S/C12H15FN4O2/c1-3-15-11(18)6-17-9-5-10(19-2)7(13)4-8(9)16-12(17)14/h4-5H,3,6H2,1-2H3,(H2,14,16)(H,15,18). The number of nitrogens with two attached hydrogens (primary N) is 1. The van der Waals surface area contributed by atoms with Gasteiger partial charge in [-0.1, -0.05) is 0 Å². The number of ether oxygens (including phenoxy) is 1. The Bertz CT molecular complexity index is 624. The predicted molar refractivity (Wildman–Crippen MR) is 69.3 cm³/mol. The van der Waals surface area contributed by atoms with Crippen LogP contribution in [0.15, 0.2) is 12.1 Å². The zero-order valence-electron chi connectivity index (χ0n) is 10.7. The average molecular weight is 266 g/mol. The number of nitrogens with zero attached hydrogens (tertiary/aromatic N) is 2. The highest BCUT2D eigenvalue weighted by atomic mass is 19.1. The molecule has 0 saturated carbocycles. The number of anilines is 1. The molecule has 0 unspecified atom stereocenters. The molecule has 0 saturated heterocycles. The average Bonchev–Trinajstić information content (AvgIpc) is 2.64. The summed E-state index contributed by atoms with van der Waals surface area (Å²) in [6, 6.07) is 2.71. The number of benzene rings is 1. The van der Waals surface area contributed by atoms with Gasteiger partial charge in [0.25, 0.3) is 0 Å². The molecule has 0 aliphatic heterocycles. The number of imidazole rings is 1. The summed E-state index contributed by atoms with van der Waals surface area (Å²) in [7, 11) is 1.37. The summed E-state index contributed by atoms with van der Waals surface area (Å²) in [6.07, 6.45) is 0. The first-order valence-electron chi connectivity index (χ1n) is 5.82. The quantitative estimate of drug-likeness (QED) is 0.861. The van der Waals surface area contributed by atoms with E-state index in [-0.39, 0.29) is 24.1 Å². The third-order valence-electron chi connectivity index (χ3n) is 2.73. The predicted octanol–water partition coefficient (Wildman–Crippen LogP) is 0.902. The van der Waals surface area contributed by atoms with E-state index in [1.807, 2.05) is 6.92 Å². The van der Waals surface area contributed by atoms with Crippen LogP contribution in [0.25, 0.3) is 11.0 Å². The van der Waals surface area contributed by atoms with E-state index in [0.29, 0.717) is 17.6 Å². The molecular formula is C12H15FN4O2. The van der Waals surface area contributed by atoms with Crippen LogP contribution in [-0.2, 0) is 11.3 Å². The van der Waals surface area contributed by atoms with Crippen molar-refractivity contribution in [2.45, 2.75) is 13.5 Å². The Morgan fingerprint density at radius 2 is 2.32 bits per heavy atom. The number of hydrogen-bond donors (Lipinski definition) is 2. The Morgan fingerprint density at radius 1 is 1.58 bits per heavy atom. The summed E-state index contributed by atoms with van der Waals surface area (Å²) >= 11 is 0. The molecule has 7 heteroatoms. The molecule has 0 aliphatic rings. The van der Waals surface area contributed by atoms with Gasteiger partial charge in [-0.2, -0.15) is 0 Å². The van der Waals surface area contributed by atoms with E-state index in [4.69, 9.17) is 10.5 Å². The highest BCUT2D eigenvalue weighted by molar-refractivity contribution is 5.83. The number of methoxy groups -OCH3 is 1. The lowest BCUT2D eigenvalue weighted by Crippen LogP contribution is -2.27. The molecule has 1 aromatic heterocycles. The normalized spacial score (nSPS) is 10.7. The smallest absolute Gasteiger partial charge is 0.240 e. The minimum absolute atomic E-state index is 0.0327. The van der Waals surface area contributed by atoms with Gasteiger partial charge in [-0.05, 0) is 6.92 Å². The number of amides is 1. The highest BCUT2D eigenvalue weighted by Crippen LogP contribution is 2.26. The molecule has 0 aliphatic carbocycles. The summed E-state index contributed by atoms with van der Waals surface area (Å²) < 4.78 is 20.0. The maximum absolute atomic E-state index is 13.5. The van der Waals surface area contributed by atoms with Crippen LogP contribution in [0.5, 0.6) is 5.75 Å². The molecule has 0 bridgehead atoms. The first-order valence-corrected chi connectivity index (χ1v) is 5.82. The number of hydrogen-bond acceptors (Lipinski definition) is 4. The van der Waals surface area contributed by atoms with Gasteiger partial charge in [0.05, 0.1) is 18.1 Å². The van der Waals surface area contributed by atoms with E-state index in [1.54, 1.807) is 0 Å². The Morgan fingerprint density at radius 3 is 2.95 bits per heavy atom. The fourth-order valence-corrected chi connectivity index (χ4v) is 1.86. The number of fused-ring (bicyclic) bond motifs is 1. The van der Waals surface area contributed by atoms with E-state index in [2.05, 4.69) is 10.3 Å². The van der Waals surface area contributed by atoms with Crippen molar-refractivity contribution in [1.29, 1.82) is 0 Å². The monoisotopic (exact) mass is 266 g/mol. The van der Waals surface area contributed by atoms with Crippen molar-refractivity contribution in [1.82, 2.24) is 14.9 Å². The summed E-state index contributed by atoms with van der Waals surface area (Å²) in [5, 5.41) is 2.67. The second-order valence-corrected chi connectivity index (χ2v) is 3.99. The topological polar surface area (TPSA) is 82.2 Å². The summed E-state index contributed by atoms with van der Waals surface area (Å²) in [5.41, 5.74) is 6.69. The molecular weight excluding hydrogens is 251 g/mol. The molecule has 1 aromatic carbocycles. The minimum Gasteiger partial charge on any atom is -0.494 e. The van der Waals surface area contributed by atoms with Crippen LogP contribution < -0.4 is 15.8 Å². The molecule has 3 N–H and O–H groups in total. The van der Waals surface area contributed by atoms with Crippen molar-refractivity contribution in [3.05, 3.63) is 17.9 Å². The first kappa shape index (κ1) is 13.1. The van der Waals surface area contributed by atoms with E-state index in [0.717, 1.165) is 0 Å². The lowest BCUT2D eigenvalue weighted by atomic mass is 10.3. The third kappa shape index (κ3) is 2.44. The molecule has 0 radical (unpaired) electrons. The van der Waals surface area contributed by atoms with Gasteiger partial charge >= 0.3 is 0 Å². The molecule has 0 atom stereocenters. The molecule has 1 amide bonds. The first-order chi connectivity index (χ1) is 9.06. The number of likely N-dealkylation sites (N-methyl/N-ethyl adjacent to an activating group) is 1. The number of carbonyl (C=O) groups is 1. The number of nitrogen functional groups attached to an aromatic ring is 1. The van der Waals surface area contributed by atoms with Crippen LogP contribution in [0, 0.1) is 5.82 Å². The van der Waals surface area contributed by atoms with E-state index < -0.39 is 5.82 Å². The number of carbonyl (C=O) groups excluding carboxylic acids is 1. The third-order valence-corrected chi connectivity index (χ3v) is 2.73. The van der Waals surface area contributed by atoms with Gasteiger partial charge in [0.15, 0.2) is 11.6 Å². The van der Waals surface area contributed by atoms with Crippen molar-refractivity contribution in [2.75, 3.05) is 19.4 Å². The van der Waals surface area contributed by atoms with Crippen molar-refractivity contribution < 1.29 is 13.9 Å². The zero-order valence-corrected chi connectivity index (χ0v) is 10.7. The molecule has 19 heavy (non-hydrogen) atoms. The fourth-order valence-electron chi connectivity index (χ4n) is 1.86. The summed E-state index contributed by atoms with van der Waals surface area (Å²) in [5.74, 6) is -0.451. The van der Waals surface area contributed by atoms with Crippen LogP contribution in [0.2, 0.25) is 0 Å². The van der Waals surface area contributed by atoms with Crippen molar-refractivity contribution in [3.8, 4) is 5.75 Å². The van der Waals surface area contributed by atoms with E-state index in [9.17, 15) is 9.18 Å². The largest absolute Gasteiger partial charge is 0.494 e. The van der Waals surface area contributed by atoms with Gasteiger partial charge in [-0.25, -0.2) is 9.37 Å². The van der Waals surface area contributed by atoms with Gasteiger partial charge in [0, 0.05) is 18.7 Å². The SMILES string of the molecule is CCNC(=O)Cn1c(N)nc2cc(F)c(OC)cc21. The molecule has 102 valence electrons. The van der Waals surface area contributed by atoms with Crippen LogP contribution in [0.3, 0.4) is 0 Å². The Balaban J connectivity index is 2.48. The minimum atomic E-state index is -0.516. The Kier molecular flexibility index (Phi) is 3.55. The highest BCUT2D eigenvalue weighted by Gasteiger charge is 2.14. The van der Waals surface area contributed by atoms with Gasteiger partial charge in [-0.15, -0.1) is 0 Å². The van der Waals surface area contributed by atoms with Gasteiger partial charge < -0.3 is 20.4 Å². The number of halogens is 1. The van der Waals surface area contributed by atoms with Gasteiger partial charge in [0.1, 0.15) is 6.54 Å². The van der Waals surface area contributed by atoms with Gasteiger partial charge in [-0.3, -0.25) is 4.79 Å². The second kappa shape index (κ2) is 5.13. The lowest BCUT2D eigenvalue weighted by molar-refractivity contribution is -0.121. The molecule has 1 heterocycles. The number of aromatic nitrogens is 2. The van der Waals surface area contributed by atoms with Gasteiger partial charge in [0.2, 0.25) is 11.9 Å². The molecule has 0 spiro atoms. The number of nitrogens with one attached hydrogen (secondary N) is 1. The molecule has 2 rings (SSSR count). The maximum Gasteiger partial charge on any atom is 0.240 e. The van der Waals surface area contributed by atoms with Crippen molar-refractivity contribution in [3.63, 3.8) is 0 Å².